The molecule has 1 amide bonds. The van der Waals surface area contributed by atoms with Gasteiger partial charge in [0.15, 0.2) is 0 Å². The summed E-state index contributed by atoms with van der Waals surface area (Å²) in [5, 5.41) is 2.91. The van der Waals surface area contributed by atoms with Gasteiger partial charge in [-0.2, -0.15) is 0 Å². The Bertz CT molecular complexity index is 755. The van der Waals surface area contributed by atoms with Gasteiger partial charge in [0.2, 0.25) is 5.91 Å². The fraction of sp³-hybridized carbons (Fsp3) is 0.368. The number of pyridine rings is 1. The Morgan fingerprint density at radius 3 is 2.71 bits per heavy atom. The Balaban J connectivity index is 1.71. The quantitative estimate of drug-likeness (QED) is 0.940. The number of carbonyl (C=O) groups excluding carboxylic acids is 1. The number of carbonyl (C=O) groups is 1. The molecule has 1 aliphatic rings. The Hall–Kier alpha value is -2.40. The van der Waals surface area contributed by atoms with Crippen molar-refractivity contribution in [3.63, 3.8) is 0 Å². The highest BCUT2D eigenvalue weighted by molar-refractivity contribution is 5.92. The topological polar surface area (TPSA) is 54.3 Å². The van der Waals surface area contributed by atoms with Gasteiger partial charge < -0.3 is 5.32 Å². The lowest BCUT2D eigenvalue weighted by molar-refractivity contribution is -0.118. The van der Waals surface area contributed by atoms with Crippen molar-refractivity contribution >= 4 is 11.6 Å². The molecule has 1 fully saturated rings. The second-order valence-corrected chi connectivity index (χ2v) is 6.33. The predicted molar refractivity (Wildman–Crippen MR) is 95.6 cm³/mol. The minimum absolute atomic E-state index is 0.0398. The first-order valence-electron chi connectivity index (χ1n) is 8.45. The second kappa shape index (κ2) is 7.45. The normalized spacial score (nSPS) is 18.3. The highest BCUT2D eigenvalue weighted by atomic mass is 16.2. The molecule has 1 unspecified atom stereocenters. The molecule has 1 aliphatic heterocycles. The van der Waals surface area contributed by atoms with Crippen LogP contribution in [0.3, 0.4) is 0 Å². The monoisotopic (exact) mass is 325 g/mol. The number of nitrogens with zero attached hydrogens (tertiary/aromatic N) is 2. The van der Waals surface area contributed by atoms with E-state index >= 15 is 0 Å². The summed E-state index contributed by atoms with van der Waals surface area (Å²) in [5.41, 5.74) is 1.29. The van der Waals surface area contributed by atoms with Crippen molar-refractivity contribution in [1.82, 2.24) is 9.47 Å². The molecule has 1 aromatic carbocycles. The van der Waals surface area contributed by atoms with E-state index < -0.39 is 0 Å². The molecule has 0 spiro atoms. The summed E-state index contributed by atoms with van der Waals surface area (Å²) in [6.07, 6.45) is 5.21. The Morgan fingerprint density at radius 1 is 1.17 bits per heavy atom. The van der Waals surface area contributed by atoms with Crippen LogP contribution < -0.4 is 10.9 Å². The Morgan fingerprint density at radius 2 is 1.96 bits per heavy atom. The molecule has 2 heterocycles. The molecule has 1 N–H and O–H groups in total. The van der Waals surface area contributed by atoms with Gasteiger partial charge in [-0.05, 0) is 44.5 Å². The van der Waals surface area contributed by atoms with Gasteiger partial charge in [0.05, 0.1) is 12.2 Å². The third-order valence-corrected chi connectivity index (χ3v) is 4.52. The van der Waals surface area contributed by atoms with Crippen molar-refractivity contribution in [3.05, 3.63) is 59.0 Å². The van der Waals surface area contributed by atoms with Crippen LogP contribution in [0.15, 0.2) is 53.5 Å². The number of hydrogen-bond acceptors (Lipinski definition) is 3. The first kappa shape index (κ1) is 16.5. The number of likely N-dealkylation sites (tertiary alicyclic amines) is 1. The van der Waals surface area contributed by atoms with Gasteiger partial charge in [0, 0.05) is 24.0 Å². The van der Waals surface area contributed by atoms with Crippen molar-refractivity contribution in [3.8, 4) is 5.69 Å². The van der Waals surface area contributed by atoms with Gasteiger partial charge in [-0.3, -0.25) is 19.1 Å². The second-order valence-electron chi connectivity index (χ2n) is 6.33. The number of anilines is 1. The lowest BCUT2D eigenvalue weighted by atomic mass is 10.0. The number of hydrogen-bond donors (Lipinski definition) is 1. The van der Waals surface area contributed by atoms with Gasteiger partial charge in [-0.1, -0.05) is 24.6 Å². The SMILES string of the molecule is CC1CCCCN1CC(=O)Nc1ccc(=O)n(-c2ccccc2)c1. The van der Waals surface area contributed by atoms with E-state index in [0.29, 0.717) is 18.3 Å². The molecular formula is C19H23N3O2. The van der Waals surface area contributed by atoms with Crippen LogP contribution in [0.1, 0.15) is 26.2 Å². The van der Waals surface area contributed by atoms with Crippen molar-refractivity contribution in [2.24, 2.45) is 0 Å². The highest BCUT2D eigenvalue weighted by Gasteiger charge is 2.20. The summed E-state index contributed by atoms with van der Waals surface area (Å²) in [6, 6.07) is 13.0. The van der Waals surface area contributed by atoms with Crippen LogP contribution in [0.2, 0.25) is 0 Å². The van der Waals surface area contributed by atoms with Crippen LogP contribution in [0, 0.1) is 0 Å². The lowest BCUT2D eigenvalue weighted by Crippen LogP contribution is -2.42. The zero-order chi connectivity index (χ0) is 16.9. The molecule has 2 aromatic rings. The number of benzene rings is 1. The molecule has 0 bridgehead atoms. The number of nitrogens with one attached hydrogen (secondary N) is 1. The van der Waals surface area contributed by atoms with Crippen LogP contribution in [-0.4, -0.2) is 34.5 Å². The summed E-state index contributed by atoms with van der Waals surface area (Å²) < 4.78 is 1.54. The van der Waals surface area contributed by atoms with Crippen molar-refractivity contribution in [1.29, 1.82) is 0 Å². The van der Waals surface area contributed by atoms with Crippen LogP contribution in [0.25, 0.3) is 5.69 Å². The summed E-state index contributed by atoms with van der Waals surface area (Å²) in [7, 11) is 0. The Kier molecular flexibility index (Phi) is 5.11. The van der Waals surface area contributed by atoms with E-state index in [1.807, 2.05) is 30.3 Å². The largest absolute Gasteiger partial charge is 0.324 e. The van der Waals surface area contributed by atoms with E-state index in [2.05, 4.69) is 17.1 Å². The number of rotatable bonds is 4. The fourth-order valence-corrected chi connectivity index (χ4v) is 3.13. The minimum Gasteiger partial charge on any atom is -0.324 e. The molecule has 3 rings (SSSR count). The average Bonchev–Trinajstić information content (AvgIpc) is 2.59. The third kappa shape index (κ3) is 3.92. The van der Waals surface area contributed by atoms with E-state index in [1.165, 1.54) is 12.5 Å². The summed E-state index contributed by atoms with van der Waals surface area (Å²) in [5.74, 6) is -0.0398. The molecule has 5 nitrogen and oxygen atoms in total. The maximum absolute atomic E-state index is 12.3. The van der Waals surface area contributed by atoms with E-state index in [9.17, 15) is 9.59 Å². The molecule has 24 heavy (non-hydrogen) atoms. The zero-order valence-electron chi connectivity index (χ0n) is 13.9. The molecule has 1 atom stereocenters. The van der Waals surface area contributed by atoms with E-state index in [-0.39, 0.29) is 11.5 Å². The fourth-order valence-electron chi connectivity index (χ4n) is 3.13. The molecule has 1 aromatic heterocycles. The molecule has 0 radical (unpaired) electrons. The maximum Gasteiger partial charge on any atom is 0.255 e. The van der Waals surface area contributed by atoms with Gasteiger partial charge in [-0.15, -0.1) is 0 Å². The summed E-state index contributed by atoms with van der Waals surface area (Å²) in [6.45, 7) is 3.53. The Labute approximate surface area is 141 Å². The van der Waals surface area contributed by atoms with Crippen molar-refractivity contribution < 1.29 is 4.79 Å². The average molecular weight is 325 g/mol. The highest BCUT2D eigenvalue weighted by Crippen LogP contribution is 2.16. The molecule has 126 valence electrons. The molecular weight excluding hydrogens is 302 g/mol. The smallest absolute Gasteiger partial charge is 0.255 e. The van der Waals surface area contributed by atoms with Crippen molar-refractivity contribution in [2.75, 3.05) is 18.4 Å². The molecule has 5 heteroatoms. The first-order chi connectivity index (χ1) is 11.6. The number of aromatic nitrogens is 1. The van der Waals surface area contributed by atoms with E-state index in [0.717, 1.165) is 25.1 Å². The van der Waals surface area contributed by atoms with Gasteiger partial charge in [0.25, 0.3) is 5.56 Å². The number of amides is 1. The van der Waals surface area contributed by atoms with Crippen LogP contribution in [0.4, 0.5) is 5.69 Å². The summed E-state index contributed by atoms with van der Waals surface area (Å²) in [4.78, 5) is 26.6. The maximum atomic E-state index is 12.3. The number of piperidine rings is 1. The molecule has 0 saturated carbocycles. The minimum atomic E-state index is -0.121. The van der Waals surface area contributed by atoms with Crippen LogP contribution in [-0.2, 0) is 4.79 Å². The third-order valence-electron chi connectivity index (χ3n) is 4.52. The first-order valence-corrected chi connectivity index (χ1v) is 8.45. The van der Waals surface area contributed by atoms with Crippen LogP contribution >= 0.6 is 0 Å². The van der Waals surface area contributed by atoms with E-state index in [1.54, 1.807) is 16.8 Å². The summed E-state index contributed by atoms with van der Waals surface area (Å²) >= 11 is 0. The van der Waals surface area contributed by atoms with Crippen LogP contribution in [0.5, 0.6) is 0 Å². The predicted octanol–water partition coefficient (Wildman–Crippen LogP) is 2.65. The van der Waals surface area contributed by atoms with Crippen molar-refractivity contribution in [2.45, 2.75) is 32.2 Å². The van der Waals surface area contributed by atoms with E-state index in [4.69, 9.17) is 0 Å². The molecule has 0 aliphatic carbocycles. The molecule has 1 saturated heterocycles. The standard InChI is InChI=1S/C19H23N3O2/c1-15-7-5-6-12-21(15)14-18(23)20-16-10-11-19(24)22(13-16)17-8-3-2-4-9-17/h2-4,8-11,13,15H,5-7,12,14H2,1H3,(H,20,23). The lowest BCUT2D eigenvalue weighted by Gasteiger charge is -2.32. The van der Waals surface area contributed by atoms with Gasteiger partial charge >= 0.3 is 0 Å². The van der Waals surface area contributed by atoms with Gasteiger partial charge in [0.1, 0.15) is 0 Å². The van der Waals surface area contributed by atoms with Gasteiger partial charge in [-0.25, -0.2) is 0 Å². The zero-order valence-corrected chi connectivity index (χ0v) is 13.9. The number of para-hydroxylation sites is 1.